The van der Waals surface area contributed by atoms with Gasteiger partial charge >= 0.3 is 6.92 Å². The van der Waals surface area contributed by atoms with Crippen molar-refractivity contribution in [1.82, 2.24) is 0 Å². The predicted molar refractivity (Wildman–Crippen MR) is 76.7 cm³/mol. The van der Waals surface area contributed by atoms with E-state index < -0.39 is 0 Å². The predicted octanol–water partition coefficient (Wildman–Crippen LogP) is 2.95. The number of fused-ring (bicyclic) bond motifs is 3. The first kappa shape index (κ1) is 10.6. The quantitative estimate of drug-likeness (QED) is 0.691. The van der Waals surface area contributed by atoms with Crippen LogP contribution in [0.5, 0.6) is 0 Å². The maximum absolute atomic E-state index is 5.96. The third-order valence-corrected chi connectivity index (χ3v) is 4.81. The van der Waals surface area contributed by atoms with Gasteiger partial charge in [-0.1, -0.05) is 37.3 Å². The van der Waals surface area contributed by atoms with Crippen LogP contribution in [-0.4, -0.2) is 13.0 Å². The van der Waals surface area contributed by atoms with Crippen molar-refractivity contribution in [3.63, 3.8) is 0 Å². The molecular weight excluding hydrogens is 219 g/mol. The molecule has 2 aromatic carbocycles. The van der Waals surface area contributed by atoms with E-state index >= 15 is 0 Å². The molecule has 1 aliphatic heterocycles. The van der Waals surface area contributed by atoms with Gasteiger partial charge in [0.25, 0.3) is 0 Å². The molecule has 2 aliphatic rings. The van der Waals surface area contributed by atoms with Crippen LogP contribution >= 0.6 is 0 Å². The third kappa shape index (κ3) is 1.27. The van der Waals surface area contributed by atoms with Crippen molar-refractivity contribution in [2.24, 2.45) is 0 Å². The highest BCUT2D eigenvalue weighted by Gasteiger charge is 2.42. The first-order valence-electron chi connectivity index (χ1n) is 6.94. The Labute approximate surface area is 108 Å². The molecule has 1 nitrogen and oxygen atoms in total. The average molecular weight is 236 g/mol. The van der Waals surface area contributed by atoms with Gasteiger partial charge in [-0.05, 0) is 52.9 Å². The summed E-state index contributed by atoms with van der Waals surface area (Å²) in [4.78, 5) is 0. The largest absolute Gasteiger partial charge is 0.428 e. The second-order valence-corrected chi connectivity index (χ2v) is 5.77. The summed E-state index contributed by atoms with van der Waals surface area (Å²) in [5.74, 6) is 0.631. The standard InChI is InChI=1S/C16H17BO/c1-10-11(2)18-17(10)16-9-12-7-8-13(12)14-5-3-4-6-15(14)16/h3-6,9-11H,7-8H2,1-2H3. The van der Waals surface area contributed by atoms with E-state index in [9.17, 15) is 0 Å². The van der Waals surface area contributed by atoms with Gasteiger partial charge in [0, 0.05) is 6.10 Å². The molecule has 0 radical (unpaired) electrons. The Morgan fingerprint density at radius 1 is 1.11 bits per heavy atom. The molecule has 18 heavy (non-hydrogen) atoms. The zero-order valence-corrected chi connectivity index (χ0v) is 10.9. The summed E-state index contributed by atoms with van der Waals surface area (Å²) in [6, 6.07) is 11.2. The van der Waals surface area contributed by atoms with Crippen molar-refractivity contribution in [3.8, 4) is 0 Å². The molecule has 2 aromatic rings. The van der Waals surface area contributed by atoms with Gasteiger partial charge in [0.1, 0.15) is 0 Å². The molecule has 90 valence electrons. The zero-order chi connectivity index (χ0) is 12.3. The fourth-order valence-electron chi connectivity index (χ4n) is 3.35. The number of hydrogen-bond acceptors (Lipinski definition) is 1. The van der Waals surface area contributed by atoms with E-state index in [-0.39, 0.29) is 0 Å². The number of aryl methyl sites for hydroxylation is 2. The monoisotopic (exact) mass is 236 g/mol. The Morgan fingerprint density at radius 2 is 1.89 bits per heavy atom. The molecule has 0 bridgehead atoms. The Hall–Kier alpha value is -1.28. The van der Waals surface area contributed by atoms with Crippen LogP contribution in [-0.2, 0) is 17.5 Å². The van der Waals surface area contributed by atoms with Gasteiger partial charge in [-0.15, -0.1) is 0 Å². The molecule has 2 heteroatoms. The molecule has 0 amide bonds. The lowest BCUT2D eigenvalue weighted by molar-refractivity contribution is 0.147. The van der Waals surface area contributed by atoms with E-state index in [0.29, 0.717) is 18.8 Å². The van der Waals surface area contributed by atoms with E-state index in [1.165, 1.54) is 29.1 Å². The molecule has 2 atom stereocenters. The summed E-state index contributed by atoms with van der Waals surface area (Å²) < 4.78 is 5.96. The first-order valence-corrected chi connectivity index (χ1v) is 6.94. The molecule has 4 rings (SSSR count). The fourth-order valence-corrected chi connectivity index (χ4v) is 3.35. The van der Waals surface area contributed by atoms with Crippen molar-refractivity contribution in [2.75, 3.05) is 0 Å². The molecular formula is C16H17BO. The van der Waals surface area contributed by atoms with Crippen molar-refractivity contribution in [2.45, 2.75) is 38.6 Å². The van der Waals surface area contributed by atoms with E-state index in [4.69, 9.17) is 4.65 Å². The summed E-state index contributed by atoms with van der Waals surface area (Å²) in [5, 5.41) is 2.85. The van der Waals surface area contributed by atoms with Crippen molar-refractivity contribution in [1.29, 1.82) is 0 Å². The number of rotatable bonds is 1. The van der Waals surface area contributed by atoms with Crippen LogP contribution in [0.3, 0.4) is 0 Å². The molecule has 1 heterocycles. The minimum Gasteiger partial charge on any atom is -0.428 e. The van der Waals surface area contributed by atoms with Gasteiger partial charge in [0.05, 0.1) is 0 Å². The lowest BCUT2D eigenvalue weighted by atomic mass is 9.44. The summed E-state index contributed by atoms with van der Waals surface area (Å²) in [6.07, 6.45) is 2.89. The van der Waals surface area contributed by atoms with E-state index in [2.05, 4.69) is 44.2 Å². The minimum absolute atomic E-state index is 0.302. The summed E-state index contributed by atoms with van der Waals surface area (Å²) in [7, 11) is 0. The number of benzene rings is 2. The summed E-state index contributed by atoms with van der Waals surface area (Å²) in [5.41, 5.74) is 4.52. The first-order chi connectivity index (χ1) is 8.75. The lowest BCUT2D eigenvalue weighted by Crippen LogP contribution is -2.53. The van der Waals surface area contributed by atoms with Gasteiger partial charge in [0.2, 0.25) is 0 Å². The maximum atomic E-state index is 5.96. The molecule has 0 saturated carbocycles. The van der Waals surface area contributed by atoms with E-state index in [0.717, 1.165) is 0 Å². The van der Waals surface area contributed by atoms with Crippen LogP contribution in [0.1, 0.15) is 25.0 Å². The van der Waals surface area contributed by atoms with Crippen LogP contribution in [0.2, 0.25) is 5.82 Å². The van der Waals surface area contributed by atoms with Gasteiger partial charge in [-0.2, -0.15) is 0 Å². The number of hydrogen-bond donors (Lipinski definition) is 0. The molecule has 0 spiro atoms. The maximum Gasteiger partial charge on any atom is 0.332 e. The Balaban J connectivity index is 1.93. The van der Waals surface area contributed by atoms with Crippen molar-refractivity contribution >= 4 is 23.2 Å². The van der Waals surface area contributed by atoms with E-state index in [1.54, 1.807) is 11.1 Å². The lowest BCUT2D eigenvalue weighted by Gasteiger charge is -2.40. The van der Waals surface area contributed by atoms with Gasteiger partial charge < -0.3 is 4.65 Å². The molecule has 1 aliphatic carbocycles. The minimum atomic E-state index is 0.302. The molecule has 1 saturated heterocycles. The van der Waals surface area contributed by atoms with Gasteiger partial charge in [0.15, 0.2) is 0 Å². The third-order valence-electron chi connectivity index (χ3n) is 4.81. The topological polar surface area (TPSA) is 9.23 Å². The van der Waals surface area contributed by atoms with Crippen LogP contribution in [0.4, 0.5) is 0 Å². The second-order valence-electron chi connectivity index (χ2n) is 5.77. The molecule has 0 aromatic heterocycles. The van der Waals surface area contributed by atoms with Crippen molar-refractivity contribution in [3.05, 3.63) is 41.5 Å². The van der Waals surface area contributed by atoms with Gasteiger partial charge in [-0.3, -0.25) is 0 Å². The molecule has 1 fully saturated rings. The summed E-state index contributed by atoms with van der Waals surface area (Å²) in [6.45, 7) is 4.77. The van der Waals surface area contributed by atoms with Crippen LogP contribution in [0.25, 0.3) is 10.8 Å². The molecule has 0 N–H and O–H groups in total. The van der Waals surface area contributed by atoms with Gasteiger partial charge in [-0.25, -0.2) is 0 Å². The Morgan fingerprint density at radius 3 is 2.50 bits per heavy atom. The zero-order valence-electron chi connectivity index (χ0n) is 10.9. The fraction of sp³-hybridized carbons (Fsp3) is 0.375. The highest BCUT2D eigenvalue weighted by molar-refractivity contribution is 6.73. The van der Waals surface area contributed by atoms with Crippen molar-refractivity contribution < 1.29 is 4.65 Å². The smallest absolute Gasteiger partial charge is 0.332 e. The van der Waals surface area contributed by atoms with Crippen LogP contribution < -0.4 is 5.46 Å². The second kappa shape index (κ2) is 3.61. The van der Waals surface area contributed by atoms with Crippen LogP contribution in [0.15, 0.2) is 30.3 Å². The Kier molecular flexibility index (Phi) is 2.13. The summed E-state index contributed by atoms with van der Waals surface area (Å²) >= 11 is 0. The normalized spacial score (nSPS) is 25.6. The highest BCUT2D eigenvalue weighted by Crippen LogP contribution is 2.35. The van der Waals surface area contributed by atoms with E-state index in [1.807, 2.05) is 0 Å². The van der Waals surface area contributed by atoms with Crippen LogP contribution in [0, 0.1) is 0 Å². The average Bonchev–Trinajstić information content (AvgIpc) is 2.36. The SMILES string of the molecule is CC1OB(c2cc3c(c4ccccc24)CC3)C1C. The Bertz CT molecular complexity index is 634. The highest BCUT2D eigenvalue weighted by atomic mass is 16.5. The molecule has 2 unspecified atom stereocenters.